The molecular formula is C20H23N3O2S. The average molecular weight is 369 g/mol. The van der Waals surface area contributed by atoms with E-state index >= 15 is 0 Å². The van der Waals surface area contributed by atoms with Gasteiger partial charge in [0.1, 0.15) is 5.01 Å². The van der Waals surface area contributed by atoms with Crippen LogP contribution in [-0.4, -0.2) is 52.8 Å². The SMILES string of the molecule is O=C(/C=C/c1nc2ccccc2s1)N1CCCC(C(=O)N2CCCC2)C1. The normalized spacial score (nSPS) is 21.0. The fraction of sp³-hybridized carbons (Fsp3) is 0.450. The highest BCUT2D eigenvalue weighted by Gasteiger charge is 2.31. The van der Waals surface area contributed by atoms with Crippen LogP contribution in [0.5, 0.6) is 0 Å². The summed E-state index contributed by atoms with van der Waals surface area (Å²) >= 11 is 1.58. The number of carbonyl (C=O) groups is 2. The van der Waals surface area contributed by atoms with E-state index in [1.807, 2.05) is 34.1 Å². The van der Waals surface area contributed by atoms with Gasteiger partial charge in [0, 0.05) is 32.3 Å². The molecule has 3 heterocycles. The maximum absolute atomic E-state index is 12.6. The number of amides is 2. The van der Waals surface area contributed by atoms with Gasteiger partial charge in [-0.15, -0.1) is 11.3 Å². The van der Waals surface area contributed by atoms with E-state index in [2.05, 4.69) is 4.98 Å². The minimum atomic E-state index is -0.0401. The molecule has 0 aliphatic carbocycles. The van der Waals surface area contributed by atoms with Gasteiger partial charge < -0.3 is 9.80 Å². The summed E-state index contributed by atoms with van der Waals surface area (Å²) in [6.45, 7) is 3.02. The predicted molar refractivity (Wildman–Crippen MR) is 104 cm³/mol. The zero-order chi connectivity index (χ0) is 17.9. The van der Waals surface area contributed by atoms with Crippen LogP contribution in [0.1, 0.15) is 30.7 Å². The molecule has 2 saturated heterocycles. The van der Waals surface area contributed by atoms with Crippen LogP contribution in [0.2, 0.25) is 0 Å². The zero-order valence-electron chi connectivity index (χ0n) is 14.8. The molecule has 0 bridgehead atoms. The fourth-order valence-electron chi connectivity index (χ4n) is 3.78. The van der Waals surface area contributed by atoms with Crippen molar-refractivity contribution in [1.29, 1.82) is 0 Å². The van der Waals surface area contributed by atoms with Crippen molar-refractivity contribution in [2.24, 2.45) is 5.92 Å². The van der Waals surface area contributed by atoms with Crippen molar-refractivity contribution < 1.29 is 9.59 Å². The summed E-state index contributed by atoms with van der Waals surface area (Å²) in [5.41, 5.74) is 0.957. The van der Waals surface area contributed by atoms with Crippen LogP contribution in [0.25, 0.3) is 16.3 Å². The molecule has 1 aromatic heterocycles. The summed E-state index contributed by atoms with van der Waals surface area (Å²) in [7, 11) is 0. The molecule has 2 amide bonds. The molecule has 4 rings (SSSR count). The Morgan fingerprint density at radius 1 is 1.08 bits per heavy atom. The number of likely N-dealkylation sites (tertiary alicyclic amines) is 2. The quantitative estimate of drug-likeness (QED) is 0.781. The number of hydrogen-bond donors (Lipinski definition) is 0. The van der Waals surface area contributed by atoms with Crippen molar-refractivity contribution in [1.82, 2.24) is 14.8 Å². The Bertz CT molecular complexity index is 805. The van der Waals surface area contributed by atoms with Gasteiger partial charge >= 0.3 is 0 Å². The third kappa shape index (κ3) is 3.65. The number of hydrogen-bond acceptors (Lipinski definition) is 4. The van der Waals surface area contributed by atoms with E-state index < -0.39 is 0 Å². The first-order valence-electron chi connectivity index (χ1n) is 9.32. The van der Waals surface area contributed by atoms with Crippen molar-refractivity contribution in [2.45, 2.75) is 25.7 Å². The van der Waals surface area contributed by atoms with E-state index in [-0.39, 0.29) is 17.7 Å². The van der Waals surface area contributed by atoms with Crippen LogP contribution in [0.4, 0.5) is 0 Å². The average Bonchev–Trinajstić information content (AvgIpc) is 3.35. The lowest BCUT2D eigenvalue weighted by atomic mass is 9.96. The van der Waals surface area contributed by atoms with Crippen molar-refractivity contribution >= 4 is 39.4 Å². The predicted octanol–water partition coefficient (Wildman–Crippen LogP) is 3.17. The number of para-hydroxylation sites is 1. The standard InChI is InChI=1S/C20H23N3O2S/c24-19(10-9-18-21-16-7-1-2-8-17(16)26-18)23-13-5-6-15(14-23)20(25)22-11-3-4-12-22/h1-2,7-10,15H,3-6,11-14H2/b10-9+. The molecule has 1 aromatic carbocycles. The zero-order valence-corrected chi connectivity index (χ0v) is 15.6. The Hall–Kier alpha value is -2.21. The van der Waals surface area contributed by atoms with Gasteiger partial charge in [-0.3, -0.25) is 9.59 Å². The largest absolute Gasteiger partial charge is 0.342 e. The lowest BCUT2D eigenvalue weighted by molar-refractivity contribution is -0.138. The van der Waals surface area contributed by atoms with E-state index in [1.54, 1.807) is 23.5 Å². The first-order valence-corrected chi connectivity index (χ1v) is 10.1. The van der Waals surface area contributed by atoms with Gasteiger partial charge in [-0.05, 0) is 43.9 Å². The second kappa shape index (κ2) is 7.58. The van der Waals surface area contributed by atoms with E-state index in [9.17, 15) is 9.59 Å². The highest BCUT2D eigenvalue weighted by Crippen LogP contribution is 2.24. The van der Waals surface area contributed by atoms with Gasteiger partial charge in [-0.2, -0.15) is 0 Å². The molecular weight excluding hydrogens is 346 g/mol. The number of benzene rings is 1. The molecule has 2 aromatic rings. The smallest absolute Gasteiger partial charge is 0.246 e. The minimum Gasteiger partial charge on any atom is -0.342 e. The molecule has 0 radical (unpaired) electrons. The number of rotatable bonds is 3. The number of fused-ring (bicyclic) bond motifs is 1. The molecule has 2 aliphatic heterocycles. The molecule has 0 N–H and O–H groups in total. The van der Waals surface area contributed by atoms with Crippen molar-refractivity contribution in [3.8, 4) is 0 Å². The highest BCUT2D eigenvalue weighted by molar-refractivity contribution is 7.19. The van der Waals surface area contributed by atoms with Crippen LogP contribution in [0, 0.1) is 5.92 Å². The van der Waals surface area contributed by atoms with Gasteiger partial charge in [0.25, 0.3) is 0 Å². The van der Waals surface area contributed by atoms with Crippen molar-refractivity contribution in [3.63, 3.8) is 0 Å². The first-order chi connectivity index (χ1) is 12.7. The Morgan fingerprint density at radius 2 is 1.85 bits per heavy atom. The van der Waals surface area contributed by atoms with Crippen LogP contribution in [-0.2, 0) is 9.59 Å². The monoisotopic (exact) mass is 369 g/mol. The number of nitrogens with zero attached hydrogens (tertiary/aromatic N) is 3. The van der Waals surface area contributed by atoms with E-state index in [1.165, 1.54) is 0 Å². The second-order valence-corrected chi connectivity index (χ2v) is 8.07. The van der Waals surface area contributed by atoms with Crippen molar-refractivity contribution in [3.05, 3.63) is 35.3 Å². The second-order valence-electron chi connectivity index (χ2n) is 7.01. The first kappa shape index (κ1) is 17.2. The molecule has 2 aliphatic rings. The summed E-state index contributed by atoms with van der Waals surface area (Å²) in [5.74, 6) is 0.167. The third-order valence-electron chi connectivity index (χ3n) is 5.18. The Balaban J connectivity index is 1.39. The summed E-state index contributed by atoms with van der Waals surface area (Å²) in [6.07, 6.45) is 7.38. The van der Waals surface area contributed by atoms with E-state index in [0.29, 0.717) is 6.54 Å². The molecule has 6 heteroatoms. The molecule has 0 spiro atoms. The van der Waals surface area contributed by atoms with E-state index in [4.69, 9.17) is 0 Å². The van der Waals surface area contributed by atoms with Gasteiger partial charge in [-0.25, -0.2) is 4.98 Å². The lowest BCUT2D eigenvalue weighted by Crippen LogP contribution is -2.45. The summed E-state index contributed by atoms with van der Waals surface area (Å²) in [4.78, 5) is 33.5. The van der Waals surface area contributed by atoms with Crippen LogP contribution >= 0.6 is 11.3 Å². The number of piperidine rings is 1. The third-order valence-corrected chi connectivity index (χ3v) is 6.18. The minimum absolute atomic E-state index is 0.0248. The Kier molecular flexibility index (Phi) is 5.02. The molecule has 26 heavy (non-hydrogen) atoms. The van der Waals surface area contributed by atoms with Crippen LogP contribution in [0.3, 0.4) is 0 Å². The molecule has 1 atom stereocenters. The molecule has 136 valence electrons. The fourth-order valence-corrected chi connectivity index (χ4v) is 4.65. The summed E-state index contributed by atoms with van der Waals surface area (Å²) < 4.78 is 1.12. The number of aromatic nitrogens is 1. The van der Waals surface area contributed by atoms with Crippen LogP contribution < -0.4 is 0 Å². The van der Waals surface area contributed by atoms with Gasteiger partial charge in [0.2, 0.25) is 11.8 Å². The summed E-state index contributed by atoms with van der Waals surface area (Å²) in [5, 5.41) is 0.834. The molecule has 2 fully saturated rings. The van der Waals surface area contributed by atoms with Crippen LogP contribution in [0.15, 0.2) is 30.3 Å². The van der Waals surface area contributed by atoms with Gasteiger partial charge in [0.15, 0.2) is 0 Å². The van der Waals surface area contributed by atoms with Crippen molar-refractivity contribution in [2.75, 3.05) is 26.2 Å². The van der Waals surface area contributed by atoms with E-state index in [0.717, 1.165) is 60.5 Å². The maximum atomic E-state index is 12.6. The maximum Gasteiger partial charge on any atom is 0.246 e. The Labute approximate surface area is 157 Å². The Morgan fingerprint density at radius 3 is 2.65 bits per heavy atom. The highest BCUT2D eigenvalue weighted by atomic mass is 32.1. The molecule has 1 unspecified atom stereocenters. The van der Waals surface area contributed by atoms with Gasteiger partial charge in [0.05, 0.1) is 16.1 Å². The molecule has 5 nitrogen and oxygen atoms in total. The number of thiazole rings is 1. The lowest BCUT2D eigenvalue weighted by Gasteiger charge is -2.33. The number of carbonyl (C=O) groups excluding carboxylic acids is 2. The molecule has 0 saturated carbocycles. The topological polar surface area (TPSA) is 53.5 Å². The van der Waals surface area contributed by atoms with Gasteiger partial charge in [-0.1, -0.05) is 12.1 Å². The summed E-state index contributed by atoms with van der Waals surface area (Å²) in [6, 6.07) is 7.96.